The molecule has 4 nitrogen and oxygen atoms in total. The van der Waals surface area contributed by atoms with E-state index in [1.807, 2.05) is 6.07 Å². The summed E-state index contributed by atoms with van der Waals surface area (Å²) in [5.41, 5.74) is 1.92. The highest BCUT2D eigenvalue weighted by molar-refractivity contribution is 6.01. The van der Waals surface area contributed by atoms with Crippen molar-refractivity contribution < 1.29 is 9.90 Å². The van der Waals surface area contributed by atoms with Crippen LogP contribution in [0.15, 0.2) is 18.2 Å². The average Bonchev–Trinajstić information content (AvgIpc) is 2.79. The highest BCUT2D eigenvalue weighted by Gasteiger charge is 2.20. The molecule has 4 heteroatoms. The number of carbonyl (C=O) groups is 1. The molecule has 0 amide bonds. The second-order valence-corrected chi connectivity index (χ2v) is 5.10. The first kappa shape index (κ1) is 14.6. The van der Waals surface area contributed by atoms with Crippen molar-refractivity contribution in [3.63, 3.8) is 0 Å². The molecule has 0 spiro atoms. The van der Waals surface area contributed by atoms with E-state index in [0.717, 1.165) is 42.5 Å². The van der Waals surface area contributed by atoms with Crippen molar-refractivity contribution in [2.75, 3.05) is 0 Å². The summed E-state index contributed by atoms with van der Waals surface area (Å²) in [7, 11) is 0. The molecule has 2 rings (SSSR count). The van der Waals surface area contributed by atoms with E-state index >= 15 is 0 Å². The first-order valence-electron chi connectivity index (χ1n) is 7.37. The van der Waals surface area contributed by atoms with Gasteiger partial charge in [-0.3, -0.25) is 0 Å². The molecule has 0 bridgehead atoms. The minimum absolute atomic E-state index is 0.307. The van der Waals surface area contributed by atoms with Crippen LogP contribution in [-0.2, 0) is 6.42 Å². The molecule has 1 N–H and O–H groups in total. The molecule has 0 aliphatic carbocycles. The molecule has 0 unspecified atom stereocenters. The fourth-order valence-electron chi connectivity index (χ4n) is 2.82. The van der Waals surface area contributed by atoms with Gasteiger partial charge >= 0.3 is 5.97 Å². The maximum Gasteiger partial charge on any atom is 0.337 e. The third-order valence-electron chi connectivity index (χ3n) is 3.79. The van der Waals surface area contributed by atoms with E-state index in [1.54, 1.807) is 12.1 Å². The largest absolute Gasteiger partial charge is 0.478 e. The molecular formula is C16H22N2O2. The number of benzene rings is 1. The van der Waals surface area contributed by atoms with E-state index in [1.165, 1.54) is 0 Å². The van der Waals surface area contributed by atoms with Gasteiger partial charge in [0, 0.05) is 12.5 Å². The summed E-state index contributed by atoms with van der Waals surface area (Å²) in [5, 5.41) is 9.43. The van der Waals surface area contributed by atoms with Crippen LogP contribution in [0.2, 0.25) is 0 Å². The Labute approximate surface area is 119 Å². The number of aryl methyl sites for hydroxylation is 1. The van der Waals surface area contributed by atoms with Crippen molar-refractivity contribution >= 4 is 17.0 Å². The SMILES string of the molecule is CCCc1nc2cccc(C(=O)O)c2n1C(CC)CC. The van der Waals surface area contributed by atoms with Crippen LogP contribution in [0.5, 0.6) is 0 Å². The van der Waals surface area contributed by atoms with Gasteiger partial charge in [0.05, 0.1) is 16.6 Å². The standard InChI is InChI=1S/C16H22N2O2/c1-4-8-14-17-13-10-7-9-12(16(19)20)15(13)18(14)11(5-2)6-3/h7,9-11H,4-6,8H2,1-3H3,(H,19,20). The maximum absolute atomic E-state index is 11.5. The number of nitrogens with zero attached hydrogens (tertiary/aromatic N) is 2. The number of carboxylic acids is 1. The van der Waals surface area contributed by atoms with Crippen molar-refractivity contribution in [2.45, 2.75) is 52.5 Å². The first-order valence-corrected chi connectivity index (χ1v) is 7.37. The number of aromatic carboxylic acids is 1. The van der Waals surface area contributed by atoms with Gasteiger partial charge < -0.3 is 9.67 Å². The van der Waals surface area contributed by atoms with E-state index < -0.39 is 5.97 Å². The van der Waals surface area contributed by atoms with Gasteiger partial charge in [-0.25, -0.2) is 9.78 Å². The Balaban J connectivity index is 2.77. The molecule has 0 atom stereocenters. The van der Waals surface area contributed by atoms with Crippen molar-refractivity contribution in [1.29, 1.82) is 0 Å². The number of rotatable bonds is 6. The van der Waals surface area contributed by atoms with Crippen molar-refractivity contribution in [2.24, 2.45) is 0 Å². The Morgan fingerprint density at radius 2 is 2.00 bits per heavy atom. The summed E-state index contributed by atoms with van der Waals surface area (Å²) in [6.45, 7) is 6.40. The first-order chi connectivity index (χ1) is 9.63. The lowest BCUT2D eigenvalue weighted by molar-refractivity contribution is 0.0698. The minimum atomic E-state index is -0.884. The highest BCUT2D eigenvalue weighted by atomic mass is 16.4. The second kappa shape index (κ2) is 6.07. The van der Waals surface area contributed by atoms with Gasteiger partial charge in [-0.05, 0) is 31.4 Å². The molecule has 0 radical (unpaired) electrons. The van der Waals surface area contributed by atoms with E-state index in [-0.39, 0.29) is 0 Å². The summed E-state index contributed by atoms with van der Waals surface area (Å²) in [6.07, 6.45) is 3.84. The van der Waals surface area contributed by atoms with Crippen LogP contribution in [-0.4, -0.2) is 20.6 Å². The molecule has 2 aromatic rings. The zero-order chi connectivity index (χ0) is 14.7. The summed E-state index contributed by atoms with van der Waals surface area (Å²) < 4.78 is 2.16. The monoisotopic (exact) mass is 274 g/mol. The number of hydrogen-bond donors (Lipinski definition) is 1. The summed E-state index contributed by atoms with van der Waals surface area (Å²) in [5.74, 6) is 0.121. The Bertz CT molecular complexity index is 612. The van der Waals surface area contributed by atoms with Gasteiger partial charge in [-0.1, -0.05) is 26.8 Å². The van der Waals surface area contributed by atoms with Crippen LogP contribution in [0.1, 0.15) is 62.3 Å². The molecule has 0 saturated heterocycles. The number of fused-ring (bicyclic) bond motifs is 1. The topological polar surface area (TPSA) is 55.1 Å². The van der Waals surface area contributed by atoms with Gasteiger partial charge in [0.25, 0.3) is 0 Å². The molecule has 1 aromatic heterocycles. The van der Waals surface area contributed by atoms with Gasteiger partial charge in [0.2, 0.25) is 0 Å². The van der Waals surface area contributed by atoms with Crippen molar-refractivity contribution in [3.8, 4) is 0 Å². The molecule has 1 heterocycles. The van der Waals surface area contributed by atoms with E-state index in [4.69, 9.17) is 0 Å². The summed E-state index contributed by atoms with van der Waals surface area (Å²) in [6, 6.07) is 5.65. The van der Waals surface area contributed by atoms with Crippen LogP contribution in [0, 0.1) is 0 Å². The quantitative estimate of drug-likeness (QED) is 0.864. The molecule has 0 fully saturated rings. The van der Waals surface area contributed by atoms with Gasteiger partial charge in [0.15, 0.2) is 0 Å². The van der Waals surface area contributed by atoms with Crippen LogP contribution in [0.3, 0.4) is 0 Å². The maximum atomic E-state index is 11.5. The van der Waals surface area contributed by atoms with E-state index in [2.05, 4.69) is 30.3 Å². The minimum Gasteiger partial charge on any atom is -0.478 e. The molecule has 0 aliphatic rings. The van der Waals surface area contributed by atoms with Crippen molar-refractivity contribution in [3.05, 3.63) is 29.6 Å². The molecular weight excluding hydrogens is 252 g/mol. The molecule has 0 saturated carbocycles. The summed E-state index contributed by atoms with van der Waals surface area (Å²) in [4.78, 5) is 16.2. The normalized spacial score (nSPS) is 11.4. The third kappa shape index (κ3) is 2.42. The lowest BCUT2D eigenvalue weighted by Gasteiger charge is -2.19. The zero-order valence-electron chi connectivity index (χ0n) is 12.4. The Hall–Kier alpha value is -1.84. The molecule has 108 valence electrons. The smallest absolute Gasteiger partial charge is 0.337 e. The average molecular weight is 274 g/mol. The third-order valence-corrected chi connectivity index (χ3v) is 3.79. The van der Waals surface area contributed by atoms with Crippen LogP contribution in [0.4, 0.5) is 0 Å². The van der Waals surface area contributed by atoms with Crippen LogP contribution >= 0.6 is 0 Å². The van der Waals surface area contributed by atoms with Crippen LogP contribution in [0.25, 0.3) is 11.0 Å². The fourth-order valence-corrected chi connectivity index (χ4v) is 2.82. The lowest BCUT2D eigenvalue weighted by Crippen LogP contribution is -2.13. The van der Waals surface area contributed by atoms with Gasteiger partial charge in [0.1, 0.15) is 5.82 Å². The fraction of sp³-hybridized carbons (Fsp3) is 0.500. The number of hydrogen-bond acceptors (Lipinski definition) is 2. The highest BCUT2D eigenvalue weighted by Crippen LogP contribution is 2.28. The molecule has 20 heavy (non-hydrogen) atoms. The zero-order valence-corrected chi connectivity index (χ0v) is 12.4. The second-order valence-electron chi connectivity index (χ2n) is 5.10. The van der Waals surface area contributed by atoms with E-state index in [9.17, 15) is 9.90 Å². The van der Waals surface area contributed by atoms with Gasteiger partial charge in [-0.2, -0.15) is 0 Å². The molecule has 0 aliphatic heterocycles. The van der Waals surface area contributed by atoms with Crippen molar-refractivity contribution in [1.82, 2.24) is 9.55 Å². The Morgan fingerprint density at radius 1 is 1.30 bits per heavy atom. The number of imidazole rings is 1. The number of carboxylic acid groups (broad SMARTS) is 1. The predicted octanol–water partition coefficient (Wildman–Crippen LogP) is 4.05. The number of aromatic nitrogens is 2. The summed E-state index contributed by atoms with van der Waals surface area (Å²) >= 11 is 0. The Kier molecular flexibility index (Phi) is 4.42. The van der Waals surface area contributed by atoms with E-state index in [0.29, 0.717) is 11.6 Å². The van der Waals surface area contributed by atoms with Crippen LogP contribution < -0.4 is 0 Å². The number of para-hydroxylation sites is 1. The Morgan fingerprint density at radius 3 is 2.55 bits per heavy atom. The predicted molar refractivity (Wildman–Crippen MR) is 80.3 cm³/mol. The molecule has 1 aromatic carbocycles. The van der Waals surface area contributed by atoms with Gasteiger partial charge in [-0.15, -0.1) is 0 Å². The lowest BCUT2D eigenvalue weighted by atomic mass is 10.1.